The van der Waals surface area contributed by atoms with E-state index in [1.807, 2.05) is 30.3 Å². The van der Waals surface area contributed by atoms with Crippen molar-refractivity contribution in [3.8, 4) is 11.5 Å². The fraction of sp³-hybridized carbons (Fsp3) is 0. The zero-order valence-electron chi connectivity index (χ0n) is 5.64. The second kappa shape index (κ2) is 2.49. The lowest BCUT2D eigenvalue weighted by Gasteiger charge is -1.88. The van der Waals surface area contributed by atoms with Gasteiger partial charge in [0.25, 0.3) is 5.89 Å². The fourth-order valence-corrected chi connectivity index (χ4v) is 0.825. The SMILES string of the molecule is c1ccc(-c2nnno2)cc1. The average molecular weight is 147 g/mol. The van der Waals surface area contributed by atoms with E-state index in [9.17, 15) is 0 Å². The van der Waals surface area contributed by atoms with Gasteiger partial charge in [0.15, 0.2) is 0 Å². The molecule has 0 fully saturated rings. The third kappa shape index (κ3) is 1.10. The molecule has 11 heavy (non-hydrogen) atoms. The molecule has 54 valence electrons. The summed E-state index contributed by atoms with van der Waals surface area (Å²) in [6, 6.07) is 9.50. The molecule has 0 saturated heterocycles. The first-order valence-electron chi connectivity index (χ1n) is 3.17. The van der Waals surface area contributed by atoms with Crippen LogP contribution in [0, 0.1) is 0 Å². The predicted octanol–water partition coefficient (Wildman–Crippen LogP) is 1.13. The largest absolute Gasteiger partial charge is 0.315 e. The van der Waals surface area contributed by atoms with Gasteiger partial charge in [-0.05, 0) is 17.3 Å². The minimum Gasteiger partial charge on any atom is -0.315 e. The van der Waals surface area contributed by atoms with Gasteiger partial charge < -0.3 is 4.52 Å². The number of hydrogen-bond donors (Lipinski definition) is 0. The van der Waals surface area contributed by atoms with E-state index in [0.717, 1.165) is 5.56 Å². The van der Waals surface area contributed by atoms with Crippen LogP contribution >= 0.6 is 0 Å². The van der Waals surface area contributed by atoms with Gasteiger partial charge >= 0.3 is 0 Å². The molecule has 0 saturated carbocycles. The normalized spacial score (nSPS) is 9.82. The summed E-state index contributed by atoms with van der Waals surface area (Å²) >= 11 is 0. The lowest BCUT2D eigenvalue weighted by Crippen LogP contribution is -1.75. The number of aromatic nitrogens is 3. The van der Waals surface area contributed by atoms with E-state index in [1.54, 1.807) is 0 Å². The van der Waals surface area contributed by atoms with Crippen LogP contribution in [-0.2, 0) is 0 Å². The standard InChI is InChI=1S/C7H5N3O/c1-2-4-6(5-3-1)7-8-9-10-11-7/h1-5H. The first-order valence-corrected chi connectivity index (χ1v) is 3.17. The van der Waals surface area contributed by atoms with Gasteiger partial charge in [-0.25, -0.2) is 0 Å². The fourth-order valence-electron chi connectivity index (χ4n) is 0.825. The summed E-state index contributed by atoms with van der Waals surface area (Å²) in [5, 5.41) is 10.3. The smallest absolute Gasteiger partial charge is 0.278 e. The third-order valence-electron chi connectivity index (χ3n) is 1.32. The van der Waals surface area contributed by atoms with E-state index < -0.39 is 0 Å². The van der Waals surface area contributed by atoms with Gasteiger partial charge in [-0.15, -0.1) is 0 Å². The van der Waals surface area contributed by atoms with Crippen LogP contribution < -0.4 is 0 Å². The van der Waals surface area contributed by atoms with Gasteiger partial charge in [0, 0.05) is 5.56 Å². The van der Waals surface area contributed by atoms with Crippen LogP contribution in [0.4, 0.5) is 0 Å². The molecule has 0 N–H and O–H groups in total. The molecule has 0 aliphatic rings. The highest BCUT2D eigenvalue weighted by Crippen LogP contribution is 2.12. The summed E-state index contributed by atoms with van der Waals surface area (Å²) in [4.78, 5) is 0. The minimum atomic E-state index is 0.450. The molecule has 1 heterocycles. The Bertz CT molecular complexity index is 317. The topological polar surface area (TPSA) is 51.8 Å². The average Bonchev–Trinajstić information content (AvgIpc) is 2.58. The molecule has 0 aliphatic heterocycles. The summed E-state index contributed by atoms with van der Waals surface area (Å²) in [5.41, 5.74) is 0.887. The number of hydrogen-bond acceptors (Lipinski definition) is 4. The highest BCUT2D eigenvalue weighted by molar-refractivity contribution is 5.51. The molecule has 0 atom stereocenters. The molecule has 0 spiro atoms. The van der Waals surface area contributed by atoms with Crippen LogP contribution in [0.15, 0.2) is 34.9 Å². The van der Waals surface area contributed by atoms with E-state index in [0.29, 0.717) is 5.89 Å². The Balaban J connectivity index is 2.46. The lowest BCUT2D eigenvalue weighted by atomic mass is 10.2. The summed E-state index contributed by atoms with van der Waals surface area (Å²) in [5.74, 6) is 0.450. The van der Waals surface area contributed by atoms with Crippen molar-refractivity contribution in [2.75, 3.05) is 0 Å². The van der Waals surface area contributed by atoms with Crippen LogP contribution in [0.5, 0.6) is 0 Å². The van der Waals surface area contributed by atoms with Gasteiger partial charge in [-0.2, -0.15) is 0 Å². The van der Waals surface area contributed by atoms with E-state index in [1.165, 1.54) is 0 Å². The van der Waals surface area contributed by atoms with Gasteiger partial charge in [-0.3, -0.25) is 0 Å². The van der Waals surface area contributed by atoms with Gasteiger partial charge in [0.2, 0.25) is 0 Å². The first-order chi connectivity index (χ1) is 5.47. The van der Waals surface area contributed by atoms with Crippen LogP contribution in [0.1, 0.15) is 0 Å². The molecule has 0 bridgehead atoms. The molecule has 0 radical (unpaired) electrons. The summed E-state index contributed by atoms with van der Waals surface area (Å²) in [6.07, 6.45) is 0. The van der Waals surface area contributed by atoms with Crippen molar-refractivity contribution in [3.63, 3.8) is 0 Å². The van der Waals surface area contributed by atoms with Crippen LogP contribution in [0.25, 0.3) is 11.5 Å². The Kier molecular flexibility index (Phi) is 1.37. The zero-order chi connectivity index (χ0) is 7.52. The molecule has 2 aromatic rings. The number of benzene rings is 1. The Morgan fingerprint density at radius 1 is 1.09 bits per heavy atom. The third-order valence-corrected chi connectivity index (χ3v) is 1.32. The summed E-state index contributed by atoms with van der Waals surface area (Å²) in [7, 11) is 0. The maximum Gasteiger partial charge on any atom is 0.278 e. The van der Waals surface area contributed by atoms with E-state index in [-0.39, 0.29) is 0 Å². The van der Waals surface area contributed by atoms with Crippen molar-refractivity contribution in [3.05, 3.63) is 30.3 Å². The maximum absolute atomic E-state index is 4.75. The second-order valence-electron chi connectivity index (χ2n) is 2.03. The van der Waals surface area contributed by atoms with Crippen molar-refractivity contribution < 1.29 is 4.52 Å². The minimum absolute atomic E-state index is 0.450. The predicted molar refractivity (Wildman–Crippen MR) is 37.5 cm³/mol. The highest BCUT2D eigenvalue weighted by atomic mass is 16.5. The van der Waals surface area contributed by atoms with Crippen molar-refractivity contribution >= 4 is 0 Å². The molecule has 0 amide bonds. The number of nitrogens with zero attached hydrogens (tertiary/aromatic N) is 3. The van der Waals surface area contributed by atoms with Crippen molar-refractivity contribution in [2.24, 2.45) is 0 Å². The van der Waals surface area contributed by atoms with Gasteiger partial charge in [0.1, 0.15) is 0 Å². The quantitative estimate of drug-likeness (QED) is 0.606. The first kappa shape index (κ1) is 6.03. The molecular formula is C7H5N3O. The maximum atomic E-state index is 4.75. The Morgan fingerprint density at radius 3 is 2.55 bits per heavy atom. The van der Waals surface area contributed by atoms with Crippen LogP contribution in [-0.4, -0.2) is 15.6 Å². The molecule has 2 rings (SSSR count). The Morgan fingerprint density at radius 2 is 1.91 bits per heavy atom. The van der Waals surface area contributed by atoms with Crippen LogP contribution in [0.3, 0.4) is 0 Å². The molecule has 0 aliphatic carbocycles. The van der Waals surface area contributed by atoms with Gasteiger partial charge in [-0.1, -0.05) is 23.3 Å². The van der Waals surface area contributed by atoms with E-state index in [4.69, 9.17) is 4.52 Å². The van der Waals surface area contributed by atoms with Gasteiger partial charge in [0.05, 0.1) is 5.27 Å². The number of rotatable bonds is 1. The van der Waals surface area contributed by atoms with Crippen molar-refractivity contribution in [1.29, 1.82) is 0 Å². The van der Waals surface area contributed by atoms with Crippen LogP contribution in [0.2, 0.25) is 0 Å². The molecule has 1 aromatic carbocycles. The summed E-state index contributed by atoms with van der Waals surface area (Å²) < 4.78 is 4.75. The monoisotopic (exact) mass is 147 g/mol. The lowest BCUT2D eigenvalue weighted by molar-refractivity contribution is 0.403. The Hall–Kier alpha value is -1.71. The molecule has 4 heteroatoms. The molecule has 0 unspecified atom stereocenters. The second-order valence-corrected chi connectivity index (χ2v) is 2.03. The summed E-state index contributed by atoms with van der Waals surface area (Å²) in [6.45, 7) is 0. The molecule has 4 nitrogen and oxygen atoms in total. The molecule has 1 aromatic heterocycles. The molecular weight excluding hydrogens is 142 g/mol. The van der Waals surface area contributed by atoms with Crippen molar-refractivity contribution in [2.45, 2.75) is 0 Å². The Labute approximate surface area is 62.8 Å². The highest BCUT2D eigenvalue weighted by Gasteiger charge is 2.01. The van der Waals surface area contributed by atoms with Crippen molar-refractivity contribution in [1.82, 2.24) is 15.6 Å². The zero-order valence-corrected chi connectivity index (χ0v) is 5.64. The van der Waals surface area contributed by atoms with E-state index >= 15 is 0 Å². The van der Waals surface area contributed by atoms with E-state index in [2.05, 4.69) is 15.6 Å².